The van der Waals surface area contributed by atoms with E-state index in [-0.39, 0.29) is 23.4 Å². The van der Waals surface area contributed by atoms with Crippen LogP contribution in [0.15, 0.2) is 82.2 Å². The third kappa shape index (κ3) is 7.92. The van der Waals surface area contributed by atoms with E-state index in [1.807, 2.05) is 58.0 Å². The van der Waals surface area contributed by atoms with Crippen molar-refractivity contribution in [3.63, 3.8) is 0 Å². The van der Waals surface area contributed by atoms with E-state index in [1.54, 1.807) is 49.4 Å². The molecule has 1 N–H and O–H groups in total. The second-order valence-corrected chi connectivity index (χ2v) is 12.6. The smallest absolute Gasteiger partial charge is 0.264 e. The number of aryl methyl sites for hydroxylation is 2. The standard InChI is InChI=1S/C30H36BrN3O4S/c1-6-23(4)32-30(36)24(5)33(19-25-10-8-11-26(31)18-25)29(35)20-34(27-12-7-9-22(3)17-27)39(37,38)28-15-13-21(2)14-16-28/h7-18,23-24H,6,19-20H2,1-5H3,(H,32,36)/t23-,24+/m1/s1. The van der Waals surface area contributed by atoms with E-state index in [0.717, 1.165) is 31.9 Å². The molecule has 2 amide bonds. The minimum Gasteiger partial charge on any atom is -0.352 e. The van der Waals surface area contributed by atoms with Crippen molar-refractivity contribution in [1.82, 2.24) is 10.2 Å². The van der Waals surface area contributed by atoms with Gasteiger partial charge in [0, 0.05) is 17.1 Å². The summed E-state index contributed by atoms with van der Waals surface area (Å²) in [5.74, 6) is -0.782. The molecule has 3 aromatic carbocycles. The van der Waals surface area contributed by atoms with Crippen LogP contribution in [0, 0.1) is 13.8 Å². The van der Waals surface area contributed by atoms with Crippen molar-refractivity contribution in [3.05, 3.63) is 94.0 Å². The second kappa shape index (κ2) is 13.3. The number of rotatable bonds is 11. The van der Waals surface area contributed by atoms with Crippen LogP contribution in [0.2, 0.25) is 0 Å². The molecular weight excluding hydrogens is 578 g/mol. The number of carbonyl (C=O) groups is 2. The van der Waals surface area contributed by atoms with E-state index < -0.39 is 28.5 Å². The van der Waals surface area contributed by atoms with E-state index in [2.05, 4.69) is 21.2 Å². The fourth-order valence-electron chi connectivity index (χ4n) is 4.03. The van der Waals surface area contributed by atoms with Crippen molar-refractivity contribution < 1.29 is 18.0 Å². The van der Waals surface area contributed by atoms with Gasteiger partial charge < -0.3 is 10.2 Å². The summed E-state index contributed by atoms with van der Waals surface area (Å²) in [4.78, 5) is 28.6. The molecule has 0 radical (unpaired) electrons. The SMILES string of the molecule is CC[C@@H](C)NC(=O)[C@H](C)N(Cc1cccc(Br)c1)C(=O)CN(c1cccc(C)c1)S(=O)(=O)c1ccc(C)cc1. The summed E-state index contributed by atoms with van der Waals surface area (Å²) in [5, 5.41) is 2.94. The van der Waals surface area contributed by atoms with Gasteiger partial charge in [-0.05, 0) is 81.6 Å². The minimum atomic E-state index is -4.09. The molecule has 0 aliphatic heterocycles. The van der Waals surface area contributed by atoms with Gasteiger partial charge in [-0.3, -0.25) is 13.9 Å². The lowest BCUT2D eigenvalue weighted by Gasteiger charge is -2.32. The Bertz CT molecular complexity index is 1410. The average Bonchev–Trinajstić information content (AvgIpc) is 2.89. The average molecular weight is 615 g/mol. The highest BCUT2D eigenvalue weighted by Crippen LogP contribution is 2.26. The van der Waals surface area contributed by atoms with Crippen LogP contribution in [0.25, 0.3) is 0 Å². The van der Waals surface area contributed by atoms with Crippen molar-refractivity contribution in [2.45, 2.75) is 64.6 Å². The van der Waals surface area contributed by atoms with E-state index in [9.17, 15) is 18.0 Å². The molecule has 0 spiro atoms. The van der Waals surface area contributed by atoms with Crippen LogP contribution in [-0.2, 0) is 26.2 Å². The van der Waals surface area contributed by atoms with E-state index in [0.29, 0.717) is 5.69 Å². The Morgan fingerprint density at radius 3 is 2.21 bits per heavy atom. The van der Waals surface area contributed by atoms with E-state index >= 15 is 0 Å². The Morgan fingerprint density at radius 2 is 1.59 bits per heavy atom. The lowest BCUT2D eigenvalue weighted by molar-refractivity contribution is -0.139. The van der Waals surface area contributed by atoms with E-state index in [1.165, 1.54) is 4.90 Å². The lowest BCUT2D eigenvalue weighted by Crippen LogP contribution is -2.52. The molecule has 0 aliphatic rings. The lowest BCUT2D eigenvalue weighted by atomic mass is 10.1. The highest BCUT2D eigenvalue weighted by molar-refractivity contribution is 9.10. The van der Waals surface area contributed by atoms with Crippen LogP contribution in [0.4, 0.5) is 5.69 Å². The van der Waals surface area contributed by atoms with Crippen LogP contribution in [0.5, 0.6) is 0 Å². The largest absolute Gasteiger partial charge is 0.352 e. The maximum atomic E-state index is 14.0. The Hall–Kier alpha value is -3.17. The topological polar surface area (TPSA) is 86.8 Å². The first-order valence-electron chi connectivity index (χ1n) is 12.9. The zero-order valence-corrected chi connectivity index (χ0v) is 25.4. The molecule has 3 rings (SSSR count). The molecule has 3 aromatic rings. The Balaban J connectivity index is 2.03. The summed E-state index contributed by atoms with van der Waals surface area (Å²) >= 11 is 3.46. The first-order valence-corrected chi connectivity index (χ1v) is 15.2. The van der Waals surface area contributed by atoms with Gasteiger partial charge in [0.25, 0.3) is 10.0 Å². The van der Waals surface area contributed by atoms with Gasteiger partial charge >= 0.3 is 0 Å². The second-order valence-electron chi connectivity index (χ2n) is 9.81. The summed E-state index contributed by atoms with van der Waals surface area (Å²) in [5.41, 5.74) is 2.97. The predicted octanol–water partition coefficient (Wildman–Crippen LogP) is 5.59. The molecule has 0 heterocycles. The number of anilines is 1. The zero-order valence-electron chi connectivity index (χ0n) is 23.0. The van der Waals surface area contributed by atoms with Gasteiger partial charge in [-0.2, -0.15) is 0 Å². The molecule has 39 heavy (non-hydrogen) atoms. The summed E-state index contributed by atoms with van der Waals surface area (Å²) < 4.78 is 29.7. The van der Waals surface area contributed by atoms with Crippen LogP contribution in [-0.4, -0.2) is 43.8 Å². The third-order valence-electron chi connectivity index (χ3n) is 6.59. The number of benzene rings is 3. The molecule has 2 atom stereocenters. The Kier molecular flexibility index (Phi) is 10.3. The molecule has 0 saturated heterocycles. The minimum absolute atomic E-state index is 0.0616. The van der Waals surface area contributed by atoms with Crippen LogP contribution in [0.1, 0.15) is 43.9 Å². The van der Waals surface area contributed by atoms with Crippen molar-refractivity contribution in [2.24, 2.45) is 0 Å². The van der Waals surface area contributed by atoms with E-state index in [4.69, 9.17) is 0 Å². The molecule has 7 nitrogen and oxygen atoms in total. The molecule has 0 aromatic heterocycles. The Labute approximate surface area is 240 Å². The third-order valence-corrected chi connectivity index (χ3v) is 8.87. The number of carbonyl (C=O) groups excluding carboxylic acids is 2. The quantitative estimate of drug-likeness (QED) is 0.305. The molecule has 0 aliphatic carbocycles. The van der Waals surface area contributed by atoms with Gasteiger partial charge in [0.05, 0.1) is 10.6 Å². The summed E-state index contributed by atoms with van der Waals surface area (Å²) in [7, 11) is -4.09. The zero-order chi connectivity index (χ0) is 28.7. The molecular formula is C30H36BrN3O4S. The molecule has 9 heteroatoms. The van der Waals surface area contributed by atoms with Gasteiger partial charge in [0.2, 0.25) is 11.8 Å². The number of nitrogens with one attached hydrogen (secondary N) is 1. The summed E-state index contributed by atoms with van der Waals surface area (Å²) in [6, 6.07) is 20.1. The van der Waals surface area contributed by atoms with Crippen molar-refractivity contribution in [3.8, 4) is 0 Å². The molecule has 0 saturated carbocycles. The number of sulfonamides is 1. The molecule has 0 unspecified atom stereocenters. The van der Waals surface area contributed by atoms with Gasteiger partial charge in [-0.1, -0.05) is 64.8 Å². The number of hydrogen-bond donors (Lipinski definition) is 1. The highest BCUT2D eigenvalue weighted by atomic mass is 79.9. The van der Waals surface area contributed by atoms with Crippen molar-refractivity contribution in [1.29, 1.82) is 0 Å². The van der Waals surface area contributed by atoms with Crippen LogP contribution < -0.4 is 9.62 Å². The normalized spacial score (nSPS) is 12.9. The molecule has 0 bridgehead atoms. The fourth-order valence-corrected chi connectivity index (χ4v) is 5.88. The maximum absolute atomic E-state index is 14.0. The number of halogens is 1. The van der Waals surface area contributed by atoms with Crippen molar-refractivity contribution >= 4 is 43.5 Å². The first kappa shape index (κ1) is 30.4. The maximum Gasteiger partial charge on any atom is 0.264 e. The number of hydrogen-bond acceptors (Lipinski definition) is 4. The number of nitrogens with zero attached hydrogens (tertiary/aromatic N) is 2. The van der Waals surface area contributed by atoms with Crippen LogP contribution in [0.3, 0.4) is 0 Å². The summed E-state index contributed by atoms with van der Waals surface area (Å²) in [6.07, 6.45) is 0.744. The van der Waals surface area contributed by atoms with Gasteiger partial charge in [-0.15, -0.1) is 0 Å². The summed E-state index contributed by atoms with van der Waals surface area (Å²) in [6.45, 7) is 8.95. The number of amides is 2. The van der Waals surface area contributed by atoms with Gasteiger partial charge in [-0.25, -0.2) is 8.42 Å². The molecule has 208 valence electrons. The highest BCUT2D eigenvalue weighted by Gasteiger charge is 2.32. The van der Waals surface area contributed by atoms with Crippen LogP contribution >= 0.6 is 15.9 Å². The predicted molar refractivity (Wildman–Crippen MR) is 159 cm³/mol. The van der Waals surface area contributed by atoms with Crippen molar-refractivity contribution in [2.75, 3.05) is 10.8 Å². The van der Waals surface area contributed by atoms with Gasteiger partial charge in [0.15, 0.2) is 0 Å². The first-order chi connectivity index (χ1) is 18.4. The Morgan fingerprint density at radius 1 is 0.923 bits per heavy atom. The monoisotopic (exact) mass is 613 g/mol. The molecule has 0 fully saturated rings. The fraction of sp³-hybridized carbons (Fsp3) is 0.333. The van der Waals surface area contributed by atoms with Gasteiger partial charge in [0.1, 0.15) is 12.6 Å².